The van der Waals surface area contributed by atoms with E-state index in [9.17, 15) is 0 Å². The predicted molar refractivity (Wildman–Crippen MR) is 64.5 cm³/mol. The van der Waals surface area contributed by atoms with Crippen molar-refractivity contribution in [2.24, 2.45) is 0 Å². The summed E-state index contributed by atoms with van der Waals surface area (Å²) >= 11 is 0. The minimum absolute atomic E-state index is 0.568. The van der Waals surface area contributed by atoms with Gasteiger partial charge in [0.2, 0.25) is 5.75 Å². The molecular weight excluding hydrogens is 220 g/mol. The average molecular weight is 238 g/mol. The Kier molecular flexibility index (Phi) is 3.71. The topological polar surface area (TPSA) is 43.0 Å². The highest BCUT2D eigenvalue weighted by Crippen LogP contribution is 2.40. The number of benzene rings is 1. The first-order valence-electron chi connectivity index (χ1n) is 5.58. The third-order valence-corrected chi connectivity index (χ3v) is 2.49. The van der Waals surface area contributed by atoms with E-state index < -0.39 is 0 Å². The number of ether oxygens (including phenoxy) is 3. The number of methoxy groups -OCH3 is 1. The van der Waals surface area contributed by atoms with Crippen LogP contribution in [0.5, 0.6) is 17.2 Å². The lowest BCUT2D eigenvalue weighted by Crippen LogP contribution is -2.29. The van der Waals surface area contributed by atoms with E-state index in [0.717, 1.165) is 23.6 Å². The van der Waals surface area contributed by atoms with Crippen molar-refractivity contribution in [1.82, 2.24) is 10.4 Å². The van der Waals surface area contributed by atoms with Crippen molar-refractivity contribution in [3.8, 4) is 17.2 Å². The van der Waals surface area contributed by atoms with Crippen molar-refractivity contribution in [2.45, 2.75) is 6.54 Å². The van der Waals surface area contributed by atoms with Gasteiger partial charge in [-0.25, -0.2) is 0 Å². The molecule has 94 valence electrons. The highest BCUT2D eigenvalue weighted by molar-refractivity contribution is 5.54. The standard InChI is InChI=1S/C12H18N2O3/c1-14(2)13-8-9-6-10(15-3)12-11(7-9)16-4-5-17-12/h6-7,13H,4-5,8H2,1-3H3. The number of hydrazine groups is 1. The Balaban J connectivity index is 2.23. The van der Waals surface area contributed by atoms with E-state index in [0.29, 0.717) is 19.0 Å². The van der Waals surface area contributed by atoms with Gasteiger partial charge in [-0.1, -0.05) is 0 Å². The van der Waals surface area contributed by atoms with Crippen LogP contribution in [0.2, 0.25) is 0 Å². The molecule has 5 heteroatoms. The van der Waals surface area contributed by atoms with Crippen LogP contribution in [0.4, 0.5) is 0 Å². The Hall–Kier alpha value is -1.46. The second-order valence-electron chi connectivity index (χ2n) is 4.05. The summed E-state index contributed by atoms with van der Waals surface area (Å²) in [5.74, 6) is 2.18. The molecule has 1 aromatic carbocycles. The Morgan fingerprint density at radius 1 is 1.29 bits per heavy atom. The second-order valence-corrected chi connectivity index (χ2v) is 4.05. The van der Waals surface area contributed by atoms with Gasteiger partial charge in [-0.2, -0.15) is 0 Å². The quantitative estimate of drug-likeness (QED) is 0.794. The van der Waals surface area contributed by atoms with Crippen molar-refractivity contribution in [3.63, 3.8) is 0 Å². The fourth-order valence-electron chi connectivity index (χ4n) is 1.68. The Morgan fingerprint density at radius 3 is 2.76 bits per heavy atom. The van der Waals surface area contributed by atoms with Crippen molar-refractivity contribution >= 4 is 0 Å². The van der Waals surface area contributed by atoms with Crippen LogP contribution in [-0.4, -0.2) is 39.4 Å². The summed E-state index contributed by atoms with van der Waals surface area (Å²) in [6, 6.07) is 3.94. The van der Waals surface area contributed by atoms with Gasteiger partial charge >= 0.3 is 0 Å². The largest absolute Gasteiger partial charge is 0.493 e. The molecule has 0 unspecified atom stereocenters. The van der Waals surface area contributed by atoms with E-state index >= 15 is 0 Å². The molecule has 0 atom stereocenters. The molecule has 1 aromatic rings. The number of nitrogens with zero attached hydrogens (tertiary/aromatic N) is 1. The number of rotatable bonds is 4. The van der Waals surface area contributed by atoms with Gasteiger partial charge in [-0.05, 0) is 17.7 Å². The van der Waals surface area contributed by atoms with Gasteiger partial charge in [0, 0.05) is 20.6 Å². The number of hydrogen-bond acceptors (Lipinski definition) is 5. The second kappa shape index (κ2) is 5.25. The molecule has 0 radical (unpaired) electrons. The molecule has 2 rings (SSSR count). The summed E-state index contributed by atoms with van der Waals surface area (Å²) in [6.45, 7) is 1.87. The van der Waals surface area contributed by atoms with Crippen LogP contribution >= 0.6 is 0 Å². The maximum Gasteiger partial charge on any atom is 0.203 e. The first kappa shape index (κ1) is 12.0. The van der Waals surface area contributed by atoms with Gasteiger partial charge in [0.05, 0.1) is 7.11 Å². The van der Waals surface area contributed by atoms with E-state index in [-0.39, 0.29) is 0 Å². The maximum absolute atomic E-state index is 5.57. The van der Waals surface area contributed by atoms with Crippen molar-refractivity contribution in [1.29, 1.82) is 0 Å². The van der Waals surface area contributed by atoms with E-state index in [1.54, 1.807) is 7.11 Å². The zero-order valence-corrected chi connectivity index (χ0v) is 10.4. The molecule has 1 aliphatic rings. The average Bonchev–Trinajstić information content (AvgIpc) is 2.35. The van der Waals surface area contributed by atoms with Gasteiger partial charge in [0.25, 0.3) is 0 Å². The van der Waals surface area contributed by atoms with Gasteiger partial charge < -0.3 is 14.2 Å². The summed E-state index contributed by atoms with van der Waals surface area (Å²) < 4.78 is 16.4. The van der Waals surface area contributed by atoms with Crippen LogP contribution in [0.25, 0.3) is 0 Å². The van der Waals surface area contributed by atoms with E-state index in [2.05, 4.69) is 5.43 Å². The molecule has 1 heterocycles. The number of hydrogen-bond donors (Lipinski definition) is 1. The SMILES string of the molecule is COc1cc(CNN(C)C)cc2c1OCCO2. The molecular formula is C12H18N2O3. The predicted octanol–water partition coefficient (Wildman–Crippen LogP) is 1.03. The Bertz CT molecular complexity index is 376. The summed E-state index contributed by atoms with van der Waals surface area (Å²) in [7, 11) is 5.54. The highest BCUT2D eigenvalue weighted by atomic mass is 16.6. The van der Waals surface area contributed by atoms with E-state index in [1.165, 1.54) is 0 Å². The lowest BCUT2D eigenvalue weighted by molar-refractivity contribution is 0.164. The molecule has 0 fully saturated rings. The van der Waals surface area contributed by atoms with Crippen LogP contribution in [0.3, 0.4) is 0 Å². The molecule has 0 aromatic heterocycles. The fraction of sp³-hybridized carbons (Fsp3) is 0.500. The third kappa shape index (κ3) is 2.81. The maximum atomic E-state index is 5.57. The fourth-order valence-corrected chi connectivity index (χ4v) is 1.68. The molecule has 0 amide bonds. The molecule has 17 heavy (non-hydrogen) atoms. The summed E-state index contributed by atoms with van der Waals surface area (Å²) in [6.07, 6.45) is 0. The molecule has 1 aliphatic heterocycles. The zero-order chi connectivity index (χ0) is 12.3. The van der Waals surface area contributed by atoms with Crippen LogP contribution in [0.15, 0.2) is 12.1 Å². The van der Waals surface area contributed by atoms with Crippen LogP contribution in [0.1, 0.15) is 5.56 Å². The van der Waals surface area contributed by atoms with E-state index in [4.69, 9.17) is 14.2 Å². The molecule has 0 aliphatic carbocycles. The number of fused-ring (bicyclic) bond motifs is 1. The van der Waals surface area contributed by atoms with Gasteiger partial charge in [0.15, 0.2) is 11.5 Å². The lowest BCUT2D eigenvalue weighted by atomic mass is 10.1. The highest BCUT2D eigenvalue weighted by Gasteiger charge is 2.18. The molecule has 0 saturated heterocycles. The smallest absolute Gasteiger partial charge is 0.203 e. The minimum atomic E-state index is 0.568. The lowest BCUT2D eigenvalue weighted by Gasteiger charge is -2.22. The normalized spacial score (nSPS) is 13.9. The molecule has 1 N–H and O–H groups in total. The van der Waals surface area contributed by atoms with Crippen molar-refractivity contribution < 1.29 is 14.2 Å². The first-order chi connectivity index (χ1) is 8.20. The summed E-state index contributed by atoms with van der Waals surface area (Å²) in [4.78, 5) is 0. The Labute approximate surface area is 101 Å². The van der Waals surface area contributed by atoms with Crippen molar-refractivity contribution in [3.05, 3.63) is 17.7 Å². The monoisotopic (exact) mass is 238 g/mol. The van der Waals surface area contributed by atoms with E-state index in [1.807, 2.05) is 31.2 Å². The molecule has 5 nitrogen and oxygen atoms in total. The van der Waals surface area contributed by atoms with Crippen LogP contribution < -0.4 is 19.6 Å². The van der Waals surface area contributed by atoms with Crippen molar-refractivity contribution in [2.75, 3.05) is 34.4 Å². The Morgan fingerprint density at radius 2 is 2.06 bits per heavy atom. The summed E-state index contributed by atoms with van der Waals surface area (Å²) in [5, 5.41) is 1.91. The van der Waals surface area contributed by atoms with Gasteiger partial charge in [0.1, 0.15) is 13.2 Å². The molecule has 0 bridgehead atoms. The van der Waals surface area contributed by atoms with Gasteiger partial charge in [-0.3, -0.25) is 10.4 Å². The van der Waals surface area contributed by atoms with Crippen LogP contribution in [-0.2, 0) is 6.54 Å². The number of nitrogens with one attached hydrogen (secondary N) is 1. The van der Waals surface area contributed by atoms with Gasteiger partial charge in [-0.15, -0.1) is 0 Å². The zero-order valence-electron chi connectivity index (χ0n) is 10.4. The first-order valence-corrected chi connectivity index (χ1v) is 5.58. The molecule has 0 spiro atoms. The minimum Gasteiger partial charge on any atom is -0.493 e. The third-order valence-electron chi connectivity index (χ3n) is 2.49. The van der Waals surface area contributed by atoms with Crippen LogP contribution in [0, 0.1) is 0 Å². The summed E-state index contributed by atoms with van der Waals surface area (Å²) in [5.41, 5.74) is 4.30. The molecule has 0 saturated carbocycles.